The lowest BCUT2D eigenvalue weighted by Gasteiger charge is -2.07. The first-order valence-electron chi connectivity index (χ1n) is 6.32. The number of fused-ring (bicyclic) bond motifs is 1. The molecule has 0 aliphatic heterocycles. The molecule has 1 aromatic carbocycles. The molecule has 23 heavy (non-hydrogen) atoms. The van der Waals surface area contributed by atoms with Crippen LogP contribution in [0.25, 0.3) is 16.5 Å². The molecule has 2 heterocycles. The topological polar surface area (TPSA) is 94.0 Å². The maximum atomic E-state index is 12.8. The number of halogens is 3. The number of nitrogen functional groups attached to an aromatic ring is 1. The van der Waals surface area contributed by atoms with Crippen LogP contribution < -0.4 is 5.73 Å². The van der Waals surface area contributed by atoms with Crippen molar-refractivity contribution in [2.45, 2.75) is 6.18 Å². The van der Waals surface area contributed by atoms with Crippen molar-refractivity contribution in [3.8, 4) is 5.69 Å². The predicted molar refractivity (Wildman–Crippen MR) is 75.2 cm³/mol. The summed E-state index contributed by atoms with van der Waals surface area (Å²) in [6.45, 7) is 0. The number of rotatable bonds is 2. The summed E-state index contributed by atoms with van der Waals surface area (Å²) in [5.41, 5.74) is 4.00. The summed E-state index contributed by atoms with van der Waals surface area (Å²) in [6.07, 6.45) is -3.25. The molecule has 0 aliphatic carbocycles. The molecule has 0 amide bonds. The van der Waals surface area contributed by atoms with Gasteiger partial charge in [0, 0.05) is 17.6 Å². The zero-order valence-electron chi connectivity index (χ0n) is 11.4. The van der Waals surface area contributed by atoms with Gasteiger partial charge in [-0.1, -0.05) is 6.07 Å². The van der Waals surface area contributed by atoms with E-state index in [9.17, 15) is 18.0 Å². The molecule has 6 nitrogen and oxygen atoms in total. The van der Waals surface area contributed by atoms with Crippen molar-refractivity contribution in [2.24, 2.45) is 0 Å². The van der Waals surface area contributed by atoms with Crippen molar-refractivity contribution in [3.63, 3.8) is 0 Å². The Balaban J connectivity index is 2.23. The van der Waals surface area contributed by atoms with Gasteiger partial charge in [-0.25, -0.2) is 14.5 Å². The molecule has 118 valence electrons. The second-order valence-electron chi connectivity index (χ2n) is 4.73. The molecule has 2 aromatic heterocycles. The lowest BCUT2D eigenvalue weighted by molar-refractivity contribution is -0.141. The summed E-state index contributed by atoms with van der Waals surface area (Å²) in [7, 11) is 0. The van der Waals surface area contributed by atoms with Crippen LogP contribution in [-0.4, -0.2) is 25.8 Å². The first kappa shape index (κ1) is 14.8. The van der Waals surface area contributed by atoms with Gasteiger partial charge in [0.1, 0.15) is 5.82 Å². The van der Waals surface area contributed by atoms with Gasteiger partial charge in [0.25, 0.3) is 0 Å². The fraction of sp³-hybridized carbons (Fsp3) is 0.0714. The van der Waals surface area contributed by atoms with E-state index >= 15 is 0 Å². The van der Waals surface area contributed by atoms with Gasteiger partial charge in [-0.2, -0.15) is 18.3 Å². The Labute approximate surface area is 127 Å². The Morgan fingerprint density at radius 2 is 1.96 bits per heavy atom. The van der Waals surface area contributed by atoms with Gasteiger partial charge >= 0.3 is 12.1 Å². The standard InChI is InChI=1S/C14H9F3N4O2/c15-14(16,17)11-6-10(13(22)23)21(20-11)8-2-1-7-3-4-19-12(18)9(7)5-8/h1-6H,(H2,18,19)(H,22,23). The zero-order chi connectivity index (χ0) is 16.8. The van der Waals surface area contributed by atoms with Crippen molar-refractivity contribution >= 4 is 22.6 Å². The summed E-state index contributed by atoms with van der Waals surface area (Å²) < 4.78 is 39.1. The smallest absolute Gasteiger partial charge is 0.435 e. The highest BCUT2D eigenvalue weighted by Gasteiger charge is 2.36. The summed E-state index contributed by atoms with van der Waals surface area (Å²) in [6, 6.07) is 6.67. The number of alkyl halides is 3. The van der Waals surface area contributed by atoms with Gasteiger partial charge < -0.3 is 10.8 Å². The minimum atomic E-state index is -4.74. The van der Waals surface area contributed by atoms with Gasteiger partial charge in [-0.15, -0.1) is 0 Å². The molecular weight excluding hydrogens is 313 g/mol. The molecule has 0 atom stereocenters. The number of nitrogens with zero attached hydrogens (tertiary/aromatic N) is 3. The molecule has 0 saturated carbocycles. The maximum absolute atomic E-state index is 12.8. The highest BCUT2D eigenvalue weighted by Crippen LogP contribution is 2.30. The zero-order valence-corrected chi connectivity index (χ0v) is 11.4. The third-order valence-electron chi connectivity index (χ3n) is 3.24. The molecule has 3 rings (SSSR count). The minimum absolute atomic E-state index is 0.144. The first-order valence-corrected chi connectivity index (χ1v) is 6.32. The van der Waals surface area contributed by atoms with Crippen LogP contribution in [0.3, 0.4) is 0 Å². The van der Waals surface area contributed by atoms with Gasteiger partial charge in [0.05, 0.1) is 5.69 Å². The minimum Gasteiger partial charge on any atom is -0.477 e. The van der Waals surface area contributed by atoms with Crippen LogP contribution in [0, 0.1) is 0 Å². The van der Waals surface area contributed by atoms with E-state index in [-0.39, 0.29) is 11.5 Å². The van der Waals surface area contributed by atoms with E-state index < -0.39 is 23.5 Å². The summed E-state index contributed by atoms with van der Waals surface area (Å²) in [5.74, 6) is -1.34. The van der Waals surface area contributed by atoms with Crippen LogP contribution in [0.15, 0.2) is 36.5 Å². The molecule has 0 unspecified atom stereocenters. The number of carboxylic acids is 1. The van der Waals surface area contributed by atoms with Crippen molar-refractivity contribution < 1.29 is 23.1 Å². The third kappa shape index (κ3) is 2.56. The van der Waals surface area contributed by atoms with Gasteiger partial charge in [-0.3, -0.25) is 0 Å². The number of aromatic nitrogens is 3. The number of carboxylic acid groups (broad SMARTS) is 1. The number of aromatic carboxylic acids is 1. The Morgan fingerprint density at radius 1 is 1.22 bits per heavy atom. The number of hydrogen-bond donors (Lipinski definition) is 2. The van der Waals surface area contributed by atoms with E-state index in [1.54, 1.807) is 12.1 Å². The molecule has 9 heteroatoms. The largest absolute Gasteiger partial charge is 0.477 e. The van der Waals surface area contributed by atoms with Crippen molar-refractivity contribution in [2.75, 3.05) is 5.73 Å². The second-order valence-corrected chi connectivity index (χ2v) is 4.73. The van der Waals surface area contributed by atoms with E-state index in [1.165, 1.54) is 18.3 Å². The fourth-order valence-corrected chi connectivity index (χ4v) is 2.18. The van der Waals surface area contributed by atoms with E-state index in [0.717, 1.165) is 10.1 Å². The molecular formula is C14H9F3N4O2. The van der Waals surface area contributed by atoms with Crippen LogP contribution in [0.5, 0.6) is 0 Å². The lowest BCUT2D eigenvalue weighted by atomic mass is 10.1. The highest BCUT2D eigenvalue weighted by atomic mass is 19.4. The fourth-order valence-electron chi connectivity index (χ4n) is 2.18. The molecule has 0 fully saturated rings. The van der Waals surface area contributed by atoms with Crippen molar-refractivity contribution in [1.29, 1.82) is 0 Å². The Bertz CT molecular complexity index is 918. The Kier molecular flexibility index (Phi) is 3.20. The van der Waals surface area contributed by atoms with E-state index in [1.807, 2.05) is 0 Å². The van der Waals surface area contributed by atoms with E-state index in [4.69, 9.17) is 10.8 Å². The van der Waals surface area contributed by atoms with Crippen LogP contribution >= 0.6 is 0 Å². The average molecular weight is 322 g/mol. The number of hydrogen-bond acceptors (Lipinski definition) is 4. The van der Waals surface area contributed by atoms with E-state index in [0.29, 0.717) is 11.5 Å². The number of benzene rings is 1. The molecule has 3 aromatic rings. The van der Waals surface area contributed by atoms with Crippen LogP contribution in [-0.2, 0) is 6.18 Å². The SMILES string of the molecule is Nc1nccc2ccc(-n3nc(C(F)(F)F)cc3C(=O)O)cc12. The molecule has 0 saturated heterocycles. The normalized spacial score (nSPS) is 11.8. The Morgan fingerprint density at radius 3 is 2.61 bits per heavy atom. The quantitative estimate of drug-likeness (QED) is 0.756. The van der Waals surface area contributed by atoms with Crippen molar-refractivity contribution in [1.82, 2.24) is 14.8 Å². The summed E-state index contributed by atoms with van der Waals surface area (Å²) >= 11 is 0. The van der Waals surface area contributed by atoms with Gasteiger partial charge in [-0.05, 0) is 23.6 Å². The number of carbonyl (C=O) groups is 1. The molecule has 0 radical (unpaired) electrons. The van der Waals surface area contributed by atoms with Crippen LogP contribution in [0.2, 0.25) is 0 Å². The molecule has 0 spiro atoms. The number of pyridine rings is 1. The highest BCUT2D eigenvalue weighted by molar-refractivity contribution is 5.93. The third-order valence-corrected chi connectivity index (χ3v) is 3.24. The lowest BCUT2D eigenvalue weighted by Crippen LogP contribution is -2.09. The molecule has 0 bridgehead atoms. The summed E-state index contributed by atoms with van der Waals surface area (Å²) in [5, 5.41) is 13.7. The maximum Gasteiger partial charge on any atom is 0.435 e. The Hall–Kier alpha value is -3.10. The van der Waals surface area contributed by atoms with E-state index in [2.05, 4.69) is 10.1 Å². The summed E-state index contributed by atoms with van der Waals surface area (Å²) in [4.78, 5) is 15.1. The predicted octanol–water partition coefficient (Wildman–Crippen LogP) is 2.72. The number of nitrogens with two attached hydrogens (primary N) is 1. The monoisotopic (exact) mass is 322 g/mol. The second kappa shape index (κ2) is 4.97. The number of anilines is 1. The van der Waals surface area contributed by atoms with Gasteiger partial charge in [0.2, 0.25) is 0 Å². The van der Waals surface area contributed by atoms with Gasteiger partial charge in [0.15, 0.2) is 11.4 Å². The first-order chi connectivity index (χ1) is 10.8. The average Bonchev–Trinajstić information content (AvgIpc) is 2.93. The molecule has 0 aliphatic rings. The molecule has 3 N–H and O–H groups in total. The van der Waals surface area contributed by atoms with Crippen LogP contribution in [0.1, 0.15) is 16.2 Å². The van der Waals surface area contributed by atoms with Crippen LogP contribution in [0.4, 0.5) is 19.0 Å². The van der Waals surface area contributed by atoms with Crippen molar-refractivity contribution in [3.05, 3.63) is 47.9 Å².